The molecule has 0 spiro atoms. The number of carbonyl (C=O) groups is 3. The Morgan fingerprint density at radius 3 is 2.04 bits per heavy atom. The molecule has 2 aromatic carbocycles. The van der Waals surface area contributed by atoms with Gasteiger partial charge in [0.05, 0.1) is 6.54 Å². The Labute approximate surface area is 148 Å². The smallest absolute Gasteiger partial charge is 0.313 e. The lowest BCUT2D eigenvalue weighted by Crippen LogP contribution is -2.39. The third kappa shape index (κ3) is 5.57. The van der Waals surface area contributed by atoms with Crippen molar-refractivity contribution in [1.29, 1.82) is 0 Å². The lowest BCUT2D eigenvalue weighted by molar-refractivity contribution is -0.136. The van der Waals surface area contributed by atoms with Crippen molar-refractivity contribution in [2.45, 2.75) is 0 Å². The molecule has 0 aliphatic carbocycles. The second-order valence-corrected chi connectivity index (χ2v) is 5.58. The van der Waals surface area contributed by atoms with Gasteiger partial charge >= 0.3 is 11.8 Å². The predicted molar refractivity (Wildman–Crippen MR) is 93.2 cm³/mol. The summed E-state index contributed by atoms with van der Waals surface area (Å²) in [7, 11) is 0. The highest BCUT2D eigenvalue weighted by Gasteiger charge is 2.15. The molecule has 24 heavy (non-hydrogen) atoms. The van der Waals surface area contributed by atoms with Crippen molar-refractivity contribution in [3.63, 3.8) is 0 Å². The van der Waals surface area contributed by atoms with Crippen LogP contribution in [0, 0.1) is 0 Å². The van der Waals surface area contributed by atoms with Crippen molar-refractivity contribution in [1.82, 2.24) is 5.32 Å². The number of anilines is 2. The maximum absolute atomic E-state index is 11.8. The van der Waals surface area contributed by atoms with E-state index in [-0.39, 0.29) is 6.54 Å². The first-order valence-electron chi connectivity index (χ1n) is 6.84. The molecule has 0 bridgehead atoms. The highest BCUT2D eigenvalue weighted by atomic mass is 35.5. The zero-order chi connectivity index (χ0) is 17.5. The van der Waals surface area contributed by atoms with E-state index >= 15 is 0 Å². The van der Waals surface area contributed by atoms with Crippen molar-refractivity contribution in [2.75, 3.05) is 17.2 Å². The number of nitrogens with one attached hydrogen (secondary N) is 3. The largest absolute Gasteiger partial charge is 0.339 e. The molecule has 2 rings (SSSR count). The fourth-order valence-corrected chi connectivity index (χ4v) is 2.31. The molecule has 0 radical (unpaired) electrons. The number of carbonyl (C=O) groups excluding carboxylic acids is 3. The van der Waals surface area contributed by atoms with Crippen molar-refractivity contribution in [2.24, 2.45) is 0 Å². The molecule has 3 N–H and O–H groups in total. The third-order valence-corrected chi connectivity index (χ3v) is 3.23. The Morgan fingerprint density at radius 2 is 1.42 bits per heavy atom. The van der Waals surface area contributed by atoms with Crippen LogP contribution in [0.1, 0.15) is 0 Å². The number of para-hydroxylation sites is 1. The number of hydrogen-bond acceptors (Lipinski definition) is 3. The molecule has 124 valence electrons. The fourth-order valence-electron chi connectivity index (χ4n) is 1.78. The number of rotatable bonds is 4. The van der Waals surface area contributed by atoms with Gasteiger partial charge in [-0.15, -0.1) is 0 Å². The van der Waals surface area contributed by atoms with Crippen LogP contribution in [0.5, 0.6) is 0 Å². The summed E-state index contributed by atoms with van der Waals surface area (Å²) >= 11 is 11.6. The molecule has 0 aliphatic rings. The fraction of sp³-hybridized carbons (Fsp3) is 0.0625. The molecule has 0 aromatic heterocycles. The lowest BCUT2D eigenvalue weighted by atomic mass is 10.3. The number of hydrogen-bond donors (Lipinski definition) is 3. The maximum atomic E-state index is 11.8. The minimum atomic E-state index is -0.918. The van der Waals surface area contributed by atoms with Gasteiger partial charge in [0.2, 0.25) is 5.91 Å². The molecule has 6 nitrogen and oxygen atoms in total. The van der Waals surface area contributed by atoms with Crippen molar-refractivity contribution in [3.8, 4) is 0 Å². The van der Waals surface area contributed by atoms with E-state index in [9.17, 15) is 14.4 Å². The van der Waals surface area contributed by atoms with Crippen LogP contribution in [-0.4, -0.2) is 24.3 Å². The quantitative estimate of drug-likeness (QED) is 0.727. The highest BCUT2D eigenvalue weighted by molar-refractivity contribution is 6.40. The summed E-state index contributed by atoms with van der Waals surface area (Å²) in [6.45, 7) is -0.370. The summed E-state index contributed by atoms with van der Waals surface area (Å²) in [6, 6.07) is 13.0. The zero-order valence-corrected chi connectivity index (χ0v) is 13.8. The molecule has 0 heterocycles. The van der Waals surface area contributed by atoms with Crippen LogP contribution < -0.4 is 16.0 Å². The molecule has 0 atom stereocenters. The third-order valence-electron chi connectivity index (χ3n) is 2.79. The van der Waals surface area contributed by atoms with Gasteiger partial charge in [-0.3, -0.25) is 14.4 Å². The Bertz CT molecular complexity index is 746. The van der Waals surface area contributed by atoms with Gasteiger partial charge in [0.1, 0.15) is 0 Å². The second-order valence-electron chi connectivity index (χ2n) is 4.71. The molecule has 3 amide bonds. The van der Waals surface area contributed by atoms with Gasteiger partial charge in [0, 0.05) is 21.4 Å². The first kappa shape index (κ1) is 17.8. The predicted octanol–water partition coefficient (Wildman–Crippen LogP) is 2.69. The average Bonchev–Trinajstić information content (AvgIpc) is 2.52. The maximum Gasteiger partial charge on any atom is 0.313 e. The van der Waals surface area contributed by atoms with E-state index in [1.54, 1.807) is 30.3 Å². The van der Waals surface area contributed by atoms with Crippen molar-refractivity contribution >= 4 is 52.3 Å². The van der Waals surface area contributed by atoms with Crippen LogP contribution in [-0.2, 0) is 14.4 Å². The first-order chi connectivity index (χ1) is 11.4. The van der Waals surface area contributed by atoms with Crippen molar-refractivity contribution in [3.05, 3.63) is 58.6 Å². The van der Waals surface area contributed by atoms with E-state index in [0.29, 0.717) is 21.4 Å². The summed E-state index contributed by atoms with van der Waals surface area (Å²) in [5, 5.41) is 7.88. The van der Waals surface area contributed by atoms with Gasteiger partial charge in [-0.1, -0.05) is 41.4 Å². The molecule has 2 aromatic rings. The van der Waals surface area contributed by atoms with E-state index in [0.717, 1.165) is 0 Å². The van der Waals surface area contributed by atoms with Crippen LogP contribution in [0.3, 0.4) is 0 Å². The average molecular weight is 366 g/mol. The van der Waals surface area contributed by atoms with E-state index in [1.807, 2.05) is 0 Å². The van der Waals surface area contributed by atoms with Gasteiger partial charge in [0.25, 0.3) is 0 Å². The van der Waals surface area contributed by atoms with Gasteiger partial charge < -0.3 is 16.0 Å². The Morgan fingerprint density at radius 1 is 0.792 bits per heavy atom. The molecule has 0 fully saturated rings. The molecular formula is C16H13Cl2N3O3. The standard InChI is InChI=1S/C16H13Cl2N3O3/c17-10-6-11(18)8-13(7-10)20-14(22)9-19-15(23)16(24)21-12-4-2-1-3-5-12/h1-8H,9H2,(H,19,23)(H,20,22)(H,21,24). The van der Waals surface area contributed by atoms with E-state index in [4.69, 9.17) is 23.2 Å². The molecule has 0 saturated heterocycles. The molecular weight excluding hydrogens is 353 g/mol. The Balaban J connectivity index is 1.82. The summed E-state index contributed by atoms with van der Waals surface area (Å²) in [5.74, 6) is -2.30. The normalized spacial score (nSPS) is 9.92. The monoisotopic (exact) mass is 365 g/mol. The van der Waals surface area contributed by atoms with Gasteiger partial charge in [0.15, 0.2) is 0 Å². The van der Waals surface area contributed by atoms with Crippen LogP contribution in [0.2, 0.25) is 10.0 Å². The van der Waals surface area contributed by atoms with Crippen LogP contribution in [0.15, 0.2) is 48.5 Å². The molecule has 0 unspecified atom stereocenters. The first-order valence-corrected chi connectivity index (χ1v) is 7.60. The molecule has 8 heteroatoms. The van der Waals surface area contributed by atoms with Gasteiger partial charge in [-0.2, -0.15) is 0 Å². The molecule has 0 aliphatic heterocycles. The van der Waals surface area contributed by atoms with E-state index in [1.165, 1.54) is 18.2 Å². The van der Waals surface area contributed by atoms with Gasteiger partial charge in [-0.05, 0) is 30.3 Å². The summed E-state index contributed by atoms with van der Waals surface area (Å²) < 4.78 is 0. The van der Waals surface area contributed by atoms with E-state index < -0.39 is 17.7 Å². The minimum absolute atomic E-state index is 0.365. The highest BCUT2D eigenvalue weighted by Crippen LogP contribution is 2.22. The Kier molecular flexibility index (Phi) is 6.17. The lowest BCUT2D eigenvalue weighted by Gasteiger charge is -2.08. The molecule has 0 saturated carbocycles. The van der Waals surface area contributed by atoms with Gasteiger partial charge in [-0.25, -0.2) is 0 Å². The van der Waals surface area contributed by atoms with Crippen LogP contribution in [0.25, 0.3) is 0 Å². The SMILES string of the molecule is O=C(CNC(=O)C(=O)Nc1ccccc1)Nc1cc(Cl)cc(Cl)c1. The van der Waals surface area contributed by atoms with Crippen LogP contribution >= 0.6 is 23.2 Å². The summed E-state index contributed by atoms with van der Waals surface area (Å²) in [6.07, 6.45) is 0. The number of halogens is 2. The summed E-state index contributed by atoms with van der Waals surface area (Å²) in [4.78, 5) is 35.1. The van der Waals surface area contributed by atoms with E-state index in [2.05, 4.69) is 16.0 Å². The topological polar surface area (TPSA) is 87.3 Å². The zero-order valence-electron chi connectivity index (χ0n) is 12.3. The summed E-state index contributed by atoms with van der Waals surface area (Å²) in [5.41, 5.74) is 0.871. The minimum Gasteiger partial charge on any atom is -0.339 e. The number of amides is 3. The number of benzene rings is 2. The second kappa shape index (κ2) is 8.33. The van der Waals surface area contributed by atoms with Crippen molar-refractivity contribution < 1.29 is 14.4 Å². The van der Waals surface area contributed by atoms with Crippen LogP contribution in [0.4, 0.5) is 11.4 Å². The Hall–Kier alpha value is -2.57.